The number of aromatic nitrogens is 7. The maximum atomic E-state index is 13.4. The molecule has 0 spiro atoms. The highest BCUT2D eigenvalue weighted by Gasteiger charge is 2.40. The number of hydrogen-bond acceptors (Lipinski definition) is 7. The third-order valence-electron chi connectivity index (χ3n) is 8.21. The fourth-order valence-electron chi connectivity index (χ4n) is 5.67. The molecule has 0 radical (unpaired) electrons. The molecule has 8 nitrogen and oxygen atoms in total. The summed E-state index contributed by atoms with van der Waals surface area (Å²) in [4.78, 5) is 27.5. The first-order chi connectivity index (χ1) is 21.2. The summed E-state index contributed by atoms with van der Waals surface area (Å²) >= 11 is 0. The van der Waals surface area contributed by atoms with Gasteiger partial charge in [-0.15, -0.1) is 0 Å². The van der Waals surface area contributed by atoms with Crippen molar-refractivity contribution < 1.29 is 17.9 Å². The molecule has 2 aliphatic rings. The smallest absolute Gasteiger partial charge is 0.434 e. The van der Waals surface area contributed by atoms with Crippen molar-refractivity contribution in [1.82, 2.24) is 34.5 Å². The number of hydrogen-bond donors (Lipinski definition) is 0. The maximum absolute atomic E-state index is 13.4. The van der Waals surface area contributed by atoms with Gasteiger partial charge in [0.25, 0.3) is 0 Å². The lowest BCUT2D eigenvalue weighted by atomic mass is 10.0. The van der Waals surface area contributed by atoms with Gasteiger partial charge in [0.1, 0.15) is 18.8 Å². The molecular weight excluding hydrogens is 567 g/mol. The number of ether oxygens (including phenoxy) is 1. The topological polar surface area (TPSA) is 91.5 Å². The monoisotopic (exact) mass is 599 g/mol. The van der Waals surface area contributed by atoms with Gasteiger partial charge in [0.15, 0.2) is 17.2 Å². The van der Waals surface area contributed by atoms with Crippen molar-refractivity contribution in [3.05, 3.63) is 77.8 Å². The molecule has 0 aliphatic heterocycles. The molecule has 5 aromatic rings. The molecule has 0 N–H and O–H groups in total. The maximum Gasteiger partial charge on any atom is 0.434 e. The van der Waals surface area contributed by atoms with Gasteiger partial charge in [-0.3, -0.25) is 0 Å². The molecule has 2 atom stereocenters. The van der Waals surface area contributed by atoms with Gasteiger partial charge in [-0.2, -0.15) is 18.2 Å². The highest BCUT2D eigenvalue weighted by Crippen LogP contribution is 2.52. The normalized spacial score (nSPS) is 18.2. The molecule has 1 aromatic carbocycles. The van der Waals surface area contributed by atoms with Crippen LogP contribution in [0.15, 0.2) is 55.1 Å². The molecule has 4 heterocycles. The number of rotatable bonds is 9. The van der Waals surface area contributed by atoms with Gasteiger partial charge < -0.3 is 9.30 Å². The van der Waals surface area contributed by atoms with E-state index in [9.17, 15) is 13.2 Å². The molecule has 7 rings (SSSR count). The Morgan fingerprint density at radius 1 is 0.977 bits per heavy atom. The van der Waals surface area contributed by atoms with E-state index in [4.69, 9.17) is 19.7 Å². The zero-order chi connectivity index (χ0) is 30.6. The molecule has 2 fully saturated rings. The summed E-state index contributed by atoms with van der Waals surface area (Å²) in [7, 11) is 0. The number of alkyl halides is 3. The standard InChI is InChI=1S/C33H32F3N7O/c1-18(2)14-43-15-25(33(34,35)36)40-31(43)22-8-6-20(7-9-22)16-44-32-23-5-4-12-37-29(23)41-30(42-32)26-27(21-10-11-21)38-17-39-28(26)24-13-19(24)3/h4-9,12,15,17-19,21,24H,10-11,13-14,16H2,1-3H3. The number of benzene rings is 1. The van der Waals surface area contributed by atoms with Crippen molar-refractivity contribution in [2.45, 2.75) is 71.2 Å². The molecule has 44 heavy (non-hydrogen) atoms. The van der Waals surface area contributed by atoms with Crippen LogP contribution in [0.2, 0.25) is 0 Å². The number of imidazole rings is 1. The first kappa shape index (κ1) is 28.4. The van der Waals surface area contributed by atoms with E-state index in [1.807, 2.05) is 38.1 Å². The minimum Gasteiger partial charge on any atom is -0.472 e. The fourth-order valence-corrected chi connectivity index (χ4v) is 5.67. The van der Waals surface area contributed by atoms with E-state index in [1.54, 1.807) is 29.2 Å². The Morgan fingerprint density at radius 2 is 1.73 bits per heavy atom. The zero-order valence-electron chi connectivity index (χ0n) is 24.7. The SMILES string of the molecule is CC(C)Cn1cc(C(F)(F)F)nc1-c1ccc(COc2nc(-c3c(C4CC4)ncnc3C3CC3C)nc3ncccc23)cc1. The predicted molar refractivity (Wildman–Crippen MR) is 159 cm³/mol. The van der Waals surface area contributed by atoms with Gasteiger partial charge in [-0.05, 0) is 48.8 Å². The fraction of sp³-hybridized carbons (Fsp3) is 0.394. The lowest BCUT2D eigenvalue weighted by molar-refractivity contribution is -0.140. The van der Waals surface area contributed by atoms with Crippen LogP contribution < -0.4 is 4.74 Å². The van der Waals surface area contributed by atoms with Crippen LogP contribution >= 0.6 is 0 Å². The molecular formula is C33H32F3N7O. The molecule has 226 valence electrons. The molecule has 2 aliphatic carbocycles. The van der Waals surface area contributed by atoms with Gasteiger partial charge in [-0.25, -0.2) is 24.9 Å². The summed E-state index contributed by atoms with van der Waals surface area (Å²) in [6, 6.07) is 10.9. The first-order valence-corrected chi connectivity index (χ1v) is 15.0. The van der Waals surface area contributed by atoms with E-state index in [0.717, 1.165) is 48.0 Å². The zero-order valence-corrected chi connectivity index (χ0v) is 24.7. The Morgan fingerprint density at radius 3 is 2.41 bits per heavy atom. The minimum atomic E-state index is -4.51. The van der Waals surface area contributed by atoms with Crippen LogP contribution in [-0.4, -0.2) is 34.5 Å². The van der Waals surface area contributed by atoms with E-state index < -0.39 is 11.9 Å². The average Bonchev–Trinajstić information content (AvgIpc) is 3.93. The van der Waals surface area contributed by atoms with E-state index in [2.05, 4.69) is 21.9 Å². The van der Waals surface area contributed by atoms with Crippen LogP contribution in [0.1, 0.15) is 74.5 Å². The molecule has 11 heteroatoms. The van der Waals surface area contributed by atoms with Crippen LogP contribution in [-0.2, 0) is 19.3 Å². The minimum absolute atomic E-state index is 0.158. The molecule has 0 bridgehead atoms. The Kier molecular flexibility index (Phi) is 7.05. The van der Waals surface area contributed by atoms with Gasteiger partial charge in [0.05, 0.1) is 22.3 Å². The summed E-state index contributed by atoms with van der Waals surface area (Å²) in [5, 5.41) is 0.689. The van der Waals surface area contributed by atoms with Crippen LogP contribution in [0.25, 0.3) is 33.8 Å². The molecule has 0 amide bonds. The highest BCUT2D eigenvalue weighted by atomic mass is 19.4. The summed E-state index contributed by atoms with van der Waals surface area (Å²) < 4.78 is 48.2. The summed E-state index contributed by atoms with van der Waals surface area (Å²) in [6.45, 7) is 6.77. The molecule has 2 saturated carbocycles. The van der Waals surface area contributed by atoms with Crippen molar-refractivity contribution in [3.63, 3.8) is 0 Å². The van der Waals surface area contributed by atoms with E-state index in [1.165, 1.54) is 0 Å². The van der Waals surface area contributed by atoms with Gasteiger partial charge in [0.2, 0.25) is 5.88 Å². The van der Waals surface area contributed by atoms with Crippen molar-refractivity contribution in [1.29, 1.82) is 0 Å². The average molecular weight is 600 g/mol. The second-order valence-corrected chi connectivity index (χ2v) is 12.3. The first-order valence-electron chi connectivity index (χ1n) is 15.0. The largest absolute Gasteiger partial charge is 0.472 e. The molecule has 0 saturated heterocycles. The van der Waals surface area contributed by atoms with Crippen molar-refractivity contribution in [2.24, 2.45) is 11.8 Å². The van der Waals surface area contributed by atoms with E-state index in [0.29, 0.717) is 52.6 Å². The highest BCUT2D eigenvalue weighted by molar-refractivity contribution is 5.82. The third kappa shape index (κ3) is 5.62. The Hall–Kier alpha value is -4.41. The number of halogens is 3. The Balaban J connectivity index is 1.19. The second kappa shape index (κ2) is 10.9. The summed E-state index contributed by atoms with van der Waals surface area (Å²) in [6.07, 6.45) is 3.18. The molecule has 2 unspecified atom stereocenters. The number of pyridine rings is 1. The van der Waals surface area contributed by atoms with Gasteiger partial charge in [0, 0.05) is 36.3 Å². The quantitative estimate of drug-likeness (QED) is 0.172. The lowest BCUT2D eigenvalue weighted by Crippen LogP contribution is -2.07. The van der Waals surface area contributed by atoms with Crippen LogP contribution in [0, 0.1) is 11.8 Å². The third-order valence-corrected chi connectivity index (χ3v) is 8.21. The van der Waals surface area contributed by atoms with Crippen LogP contribution in [0.3, 0.4) is 0 Å². The van der Waals surface area contributed by atoms with Gasteiger partial charge >= 0.3 is 6.18 Å². The predicted octanol–water partition coefficient (Wildman–Crippen LogP) is 7.60. The van der Waals surface area contributed by atoms with Crippen molar-refractivity contribution >= 4 is 11.0 Å². The van der Waals surface area contributed by atoms with Crippen molar-refractivity contribution in [2.75, 3.05) is 0 Å². The number of nitrogens with zero attached hydrogens (tertiary/aromatic N) is 7. The summed E-state index contributed by atoms with van der Waals surface area (Å²) in [5.41, 5.74) is 3.96. The summed E-state index contributed by atoms with van der Waals surface area (Å²) in [5.74, 6) is 2.67. The van der Waals surface area contributed by atoms with Crippen LogP contribution in [0.5, 0.6) is 5.88 Å². The van der Waals surface area contributed by atoms with E-state index >= 15 is 0 Å². The Bertz CT molecular complexity index is 1830. The molecule has 4 aromatic heterocycles. The van der Waals surface area contributed by atoms with Crippen molar-refractivity contribution in [3.8, 4) is 28.7 Å². The lowest BCUT2D eigenvalue weighted by Gasteiger charge is -2.14. The van der Waals surface area contributed by atoms with Crippen LogP contribution in [0.4, 0.5) is 13.2 Å². The van der Waals surface area contributed by atoms with Gasteiger partial charge in [-0.1, -0.05) is 45.0 Å². The number of fused-ring (bicyclic) bond motifs is 1. The van der Waals surface area contributed by atoms with E-state index in [-0.39, 0.29) is 18.3 Å². The second-order valence-electron chi connectivity index (χ2n) is 12.3. The Labute approximate surface area is 252 Å².